The largest absolute Gasteiger partial charge is 0.466 e. The lowest BCUT2D eigenvalue weighted by Crippen LogP contribution is -2.07. The molecule has 0 saturated heterocycles. The van der Waals surface area contributed by atoms with Crippen molar-refractivity contribution in [3.8, 4) is 11.5 Å². The number of hydrogen-bond acceptors (Lipinski definition) is 8. The van der Waals surface area contributed by atoms with Crippen LogP contribution in [0, 0.1) is 13.8 Å². The molecule has 0 atom stereocenters. The Kier molecular flexibility index (Phi) is 5.08. The van der Waals surface area contributed by atoms with Crippen molar-refractivity contribution in [3.05, 3.63) is 45.9 Å². The van der Waals surface area contributed by atoms with Gasteiger partial charge in [0.2, 0.25) is 0 Å². The van der Waals surface area contributed by atoms with E-state index in [1.165, 1.54) is 11.3 Å². The number of ketones is 1. The van der Waals surface area contributed by atoms with Crippen LogP contribution >= 0.6 is 11.3 Å². The first-order valence-corrected chi connectivity index (χ1v) is 8.53. The highest BCUT2D eigenvalue weighted by molar-refractivity contribution is 7.12. The third-order valence-corrected chi connectivity index (χ3v) is 4.36. The fraction of sp³-hybridized carbons (Fsp3) is 0.294. The third-order valence-electron chi connectivity index (χ3n) is 3.45. The Hall–Kier alpha value is -2.74. The number of ether oxygens (including phenoxy) is 1. The summed E-state index contributed by atoms with van der Waals surface area (Å²) in [6.07, 6.45) is 0.125. The molecular formula is C17H16N2O5S. The Morgan fingerprint density at radius 2 is 2.04 bits per heavy atom. The van der Waals surface area contributed by atoms with Gasteiger partial charge in [0.25, 0.3) is 11.8 Å². The van der Waals surface area contributed by atoms with Gasteiger partial charge in [-0.3, -0.25) is 9.59 Å². The molecule has 0 bridgehead atoms. The van der Waals surface area contributed by atoms with Crippen LogP contribution in [0.4, 0.5) is 0 Å². The molecule has 7 nitrogen and oxygen atoms in total. The van der Waals surface area contributed by atoms with Gasteiger partial charge in [0, 0.05) is 6.42 Å². The molecular weight excluding hydrogens is 344 g/mol. The van der Waals surface area contributed by atoms with E-state index in [9.17, 15) is 9.59 Å². The molecule has 0 aromatic carbocycles. The van der Waals surface area contributed by atoms with Crippen LogP contribution < -0.4 is 0 Å². The molecule has 8 heteroatoms. The molecule has 3 rings (SSSR count). The zero-order valence-electron chi connectivity index (χ0n) is 13.8. The number of aryl methyl sites for hydroxylation is 2. The van der Waals surface area contributed by atoms with Crippen LogP contribution in [0.3, 0.4) is 0 Å². The first-order chi connectivity index (χ1) is 12.0. The summed E-state index contributed by atoms with van der Waals surface area (Å²) in [7, 11) is 0. The van der Waals surface area contributed by atoms with Crippen molar-refractivity contribution >= 4 is 23.1 Å². The van der Waals surface area contributed by atoms with Crippen molar-refractivity contribution in [1.29, 1.82) is 0 Å². The Morgan fingerprint density at radius 3 is 2.72 bits per heavy atom. The van der Waals surface area contributed by atoms with Gasteiger partial charge in [-0.25, -0.2) is 0 Å². The van der Waals surface area contributed by atoms with E-state index in [1.807, 2.05) is 12.3 Å². The summed E-state index contributed by atoms with van der Waals surface area (Å²) in [5, 5.41) is 9.60. The summed E-state index contributed by atoms with van der Waals surface area (Å²) < 4.78 is 16.0. The molecule has 3 aromatic heterocycles. The molecule has 3 aromatic rings. The lowest BCUT2D eigenvalue weighted by atomic mass is 10.2. The Morgan fingerprint density at radius 1 is 1.20 bits per heavy atom. The van der Waals surface area contributed by atoms with E-state index in [2.05, 4.69) is 10.2 Å². The molecule has 0 unspecified atom stereocenters. The summed E-state index contributed by atoms with van der Waals surface area (Å²) >= 11 is 1.35. The van der Waals surface area contributed by atoms with E-state index in [-0.39, 0.29) is 31.1 Å². The lowest BCUT2D eigenvalue weighted by Gasteiger charge is -2.01. The maximum Gasteiger partial charge on any atom is 0.306 e. The topological polar surface area (TPSA) is 95.4 Å². The quantitative estimate of drug-likeness (QED) is 0.468. The Bertz CT molecular complexity index is 879. The number of nitrogens with zero attached hydrogens (tertiary/aromatic N) is 2. The predicted octanol–water partition coefficient (Wildman–Crippen LogP) is 3.71. The van der Waals surface area contributed by atoms with Crippen LogP contribution in [0.1, 0.15) is 39.9 Å². The van der Waals surface area contributed by atoms with Gasteiger partial charge in [0.15, 0.2) is 12.4 Å². The van der Waals surface area contributed by atoms with Crippen LogP contribution in [0.2, 0.25) is 0 Å². The molecule has 0 radical (unpaired) electrons. The molecule has 130 valence electrons. The molecule has 0 spiro atoms. The monoisotopic (exact) mass is 360 g/mol. The van der Waals surface area contributed by atoms with Crippen LogP contribution in [0.15, 0.2) is 32.4 Å². The average Bonchev–Trinajstić information content (AvgIpc) is 3.31. The fourth-order valence-electron chi connectivity index (χ4n) is 2.25. The predicted molar refractivity (Wildman–Crippen MR) is 89.2 cm³/mol. The molecule has 0 amide bonds. The van der Waals surface area contributed by atoms with E-state index in [4.69, 9.17) is 13.6 Å². The van der Waals surface area contributed by atoms with Crippen LogP contribution in [0.25, 0.3) is 11.5 Å². The highest BCUT2D eigenvalue weighted by Crippen LogP contribution is 2.25. The van der Waals surface area contributed by atoms with Crippen molar-refractivity contribution in [2.45, 2.75) is 33.3 Å². The van der Waals surface area contributed by atoms with Crippen molar-refractivity contribution < 1.29 is 23.2 Å². The number of carbonyl (C=O) groups excluding carboxylic acids is 2. The van der Waals surface area contributed by atoms with Crippen LogP contribution in [0.5, 0.6) is 0 Å². The van der Waals surface area contributed by atoms with Gasteiger partial charge in [0.1, 0.15) is 11.5 Å². The smallest absolute Gasteiger partial charge is 0.306 e. The summed E-state index contributed by atoms with van der Waals surface area (Å²) in [5.74, 6) is 1.36. The van der Waals surface area contributed by atoms with Crippen molar-refractivity contribution in [2.24, 2.45) is 0 Å². The standard InChI is InChI=1S/C17H16N2O5S/c1-10-8-12(11(2)23-10)17-19-18-15(24-17)9-22-16(21)6-5-13(20)14-4-3-7-25-14/h3-4,7-8H,5-6,9H2,1-2H3. The second kappa shape index (κ2) is 7.43. The molecule has 0 N–H and O–H groups in total. The molecule has 0 aliphatic carbocycles. The first kappa shape index (κ1) is 17.1. The van der Waals surface area contributed by atoms with E-state index in [1.54, 1.807) is 25.1 Å². The van der Waals surface area contributed by atoms with Crippen molar-refractivity contribution in [1.82, 2.24) is 10.2 Å². The average molecular weight is 360 g/mol. The maximum atomic E-state index is 11.8. The Labute approximate surface area is 147 Å². The molecule has 0 aliphatic rings. The summed E-state index contributed by atoms with van der Waals surface area (Å²) in [4.78, 5) is 24.2. The highest BCUT2D eigenvalue weighted by Gasteiger charge is 2.16. The lowest BCUT2D eigenvalue weighted by molar-refractivity contribution is -0.145. The number of Topliss-reactive ketones (excluding diaryl/α,β-unsaturated/α-hetero) is 1. The van der Waals surface area contributed by atoms with E-state index >= 15 is 0 Å². The second-order valence-corrected chi connectivity index (χ2v) is 6.34. The van der Waals surface area contributed by atoms with Gasteiger partial charge in [-0.2, -0.15) is 0 Å². The molecule has 3 heterocycles. The van der Waals surface area contributed by atoms with Crippen LogP contribution in [-0.4, -0.2) is 21.9 Å². The SMILES string of the molecule is Cc1cc(-c2nnc(COC(=O)CCC(=O)c3cccs3)o2)c(C)o1. The third kappa shape index (κ3) is 4.21. The molecule has 0 fully saturated rings. The van der Waals surface area contributed by atoms with Crippen LogP contribution in [-0.2, 0) is 16.1 Å². The van der Waals surface area contributed by atoms with Gasteiger partial charge in [0.05, 0.1) is 16.9 Å². The second-order valence-electron chi connectivity index (χ2n) is 5.39. The minimum absolute atomic E-state index is 0.0117. The number of carbonyl (C=O) groups is 2. The van der Waals surface area contributed by atoms with Gasteiger partial charge in [-0.05, 0) is 31.4 Å². The van der Waals surface area contributed by atoms with Crippen molar-refractivity contribution in [3.63, 3.8) is 0 Å². The number of furan rings is 1. The fourth-order valence-corrected chi connectivity index (χ4v) is 2.95. The number of hydrogen-bond donors (Lipinski definition) is 0. The number of rotatable bonds is 7. The molecule has 25 heavy (non-hydrogen) atoms. The summed E-state index contributed by atoms with van der Waals surface area (Å²) in [6.45, 7) is 3.50. The molecule has 0 saturated carbocycles. The minimum atomic E-state index is -0.486. The number of thiophene rings is 1. The summed E-state index contributed by atoms with van der Waals surface area (Å²) in [5.41, 5.74) is 0.712. The van der Waals surface area contributed by atoms with Gasteiger partial charge in [-0.1, -0.05) is 6.07 Å². The van der Waals surface area contributed by atoms with Gasteiger partial charge in [-0.15, -0.1) is 21.5 Å². The first-order valence-electron chi connectivity index (χ1n) is 7.65. The number of esters is 1. The summed E-state index contributed by atoms with van der Waals surface area (Å²) in [6, 6.07) is 5.33. The zero-order valence-corrected chi connectivity index (χ0v) is 14.6. The van der Waals surface area contributed by atoms with Crippen molar-refractivity contribution in [2.75, 3.05) is 0 Å². The normalized spacial score (nSPS) is 10.8. The highest BCUT2D eigenvalue weighted by atomic mass is 32.1. The van der Waals surface area contributed by atoms with Gasteiger partial charge < -0.3 is 13.6 Å². The maximum absolute atomic E-state index is 11.8. The Balaban J connectivity index is 1.49. The van der Waals surface area contributed by atoms with E-state index in [0.717, 1.165) is 5.76 Å². The molecule has 0 aliphatic heterocycles. The minimum Gasteiger partial charge on any atom is -0.466 e. The van der Waals surface area contributed by atoms with Gasteiger partial charge >= 0.3 is 5.97 Å². The number of aromatic nitrogens is 2. The van der Waals surface area contributed by atoms with E-state index < -0.39 is 5.97 Å². The van der Waals surface area contributed by atoms with E-state index in [0.29, 0.717) is 22.1 Å². The zero-order chi connectivity index (χ0) is 17.8.